The Morgan fingerprint density at radius 2 is 2.00 bits per heavy atom. The summed E-state index contributed by atoms with van der Waals surface area (Å²) in [5, 5.41) is 41.7. The Hall–Kier alpha value is -2.62. The largest absolute Gasteiger partial charge is 0.481 e. The monoisotopic (exact) mass is 349 g/mol. The Morgan fingerprint density at radius 3 is 2.72 bits per heavy atom. The fourth-order valence-electron chi connectivity index (χ4n) is 3.52. The van der Waals surface area contributed by atoms with Crippen LogP contribution < -0.4 is 14.8 Å². The van der Waals surface area contributed by atoms with Gasteiger partial charge in [0, 0.05) is 5.56 Å². The van der Waals surface area contributed by atoms with E-state index < -0.39 is 42.7 Å². The van der Waals surface area contributed by atoms with Crippen LogP contribution in [0.2, 0.25) is 0 Å². The lowest BCUT2D eigenvalue weighted by Crippen LogP contribution is -2.57. The van der Waals surface area contributed by atoms with Gasteiger partial charge < -0.3 is 35.2 Å². The number of carbonyl (C=O) groups excluding carboxylic acids is 1. The van der Waals surface area contributed by atoms with Gasteiger partial charge in [0.1, 0.15) is 18.3 Å². The molecule has 132 valence electrons. The van der Waals surface area contributed by atoms with Gasteiger partial charge in [-0.1, -0.05) is 0 Å². The third-order valence-electron chi connectivity index (χ3n) is 4.64. The van der Waals surface area contributed by atoms with E-state index >= 15 is 0 Å². The van der Waals surface area contributed by atoms with Gasteiger partial charge in [-0.05, 0) is 23.3 Å². The Labute approximate surface area is 141 Å². The molecule has 0 unspecified atom stereocenters. The van der Waals surface area contributed by atoms with Crippen molar-refractivity contribution >= 4 is 17.4 Å². The number of aliphatic hydroxyl groups is 3. The van der Waals surface area contributed by atoms with Crippen LogP contribution in [0.5, 0.6) is 11.5 Å². The summed E-state index contributed by atoms with van der Waals surface area (Å²) < 4.78 is 10.6. The summed E-state index contributed by atoms with van der Waals surface area (Å²) in [7, 11) is 0. The van der Waals surface area contributed by atoms with Gasteiger partial charge in [0.05, 0.1) is 18.0 Å². The van der Waals surface area contributed by atoms with Gasteiger partial charge in [0.15, 0.2) is 11.5 Å². The maximum atomic E-state index is 12.6. The Morgan fingerprint density at radius 1 is 1.24 bits per heavy atom. The number of amides is 1. The number of benzene rings is 1. The van der Waals surface area contributed by atoms with Gasteiger partial charge in [0.2, 0.25) is 6.79 Å². The highest BCUT2D eigenvalue weighted by molar-refractivity contribution is 6.07. The molecular formula is C16H15NO8. The topological polar surface area (TPSA) is 146 Å². The second kappa shape index (κ2) is 5.45. The average Bonchev–Trinajstić information content (AvgIpc) is 3.02. The average molecular weight is 349 g/mol. The summed E-state index contributed by atoms with van der Waals surface area (Å²) in [6, 6.07) is 0.606. The molecule has 0 radical (unpaired) electrons. The third kappa shape index (κ3) is 2.28. The number of hydrogen-bond acceptors (Lipinski definition) is 7. The van der Waals surface area contributed by atoms with Crippen LogP contribution in [0.3, 0.4) is 0 Å². The first-order chi connectivity index (χ1) is 11.9. The lowest BCUT2D eigenvalue weighted by molar-refractivity contribution is -0.136. The van der Waals surface area contributed by atoms with Crippen molar-refractivity contribution in [2.75, 3.05) is 6.79 Å². The summed E-state index contributed by atoms with van der Waals surface area (Å²) >= 11 is 0. The van der Waals surface area contributed by atoms with E-state index in [1.165, 1.54) is 12.1 Å². The summed E-state index contributed by atoms with van der Waals surface area (Å²) in [6.07, 6.45) is -3.28. The molecule has 2 aliphatic heterocycles. The van der Waals surface area contributed by atoms with Gasteiger partial charge in [0.25, 0.3) is 5.91 Å². The molecule has 9 heteroatoms. The molecule has 3 aliphatic rings. The van der Waals surface area contributed by atoms with Crippen molar-refractivity contribution in [3.63, 3.8) is 0 Å². The molecule has 0 saturated carbocycles. The number of carbonyl (C=O) groups is 2. The van der Waals surface area contributed by atoms with Crippen LogP contribution in [0.15, 0.2) is 12.1 Å². The maximum Gasteiger partial charge on any atom is 0.307 e. The molecule has 1 amide bonds. The van der Waals surface area contributed by atoms with E-state index in [1.54, 1.807) is 0 Å². The van der Waals surface area contributed by atoms with Gasteiger partial charge in [-0.15, -0.1) is 0 Å². The fourth-order valence-corrected chi connectivity index (χ4v) is 3.52. The van der Waals surface area contributed by atoms with Crippen molar-refractivity contribution < 1.29 is 39.5 Å². The zero-order chi connectivity index (χ0) is 17.9. The molecule has 1 aliphatic carbocycles. The summed E-state index contributed by atoms with van der Waals surface area (Å²) in [6.45, 7) is -0.0983. The van der Waals surface area contributed by atoms with E-state index in [9.17, 15) is 30.0 Å². The molecule has 1 aromatic rings. The van der Waals surface area contributed by atoms with Crippen LogP contribution in [0.25, 0.3) is 5.57 Å². The number of fused-ring (bicyclic) bond motifs is 4. The minimum atomic E-state index is -1.44. The van der Waals surface area contributed by atoms with Crippen molar-refractivity contribution in [1.82, 2.24) is 5.32 Å². The van der Waals surface area contributed by atoms with E-state index in [4.69, 9.17) is 9.47 Å². The van der Waals surface area contributed by atoms with E-state index in [0.717, 1.165) is 0 Å². The number of carboxylic acids is 1. The number of hydrogen-bond donors (Lipinski definition) is 5. The predicted octanol–water partition coefficient (Wildman–Crippen LogP) is -1.37. The molecule has 0 aromatic heterocycles. The third-order valence-corrected chi connectivity index (χ3v) is 4.64. The number of rotatable bonds is 2. The van der Waals surface area contributed by atoms with Crippen molar-refractivity contribution in [1.29, 1.82) is 0 Å². The summed E-state index contributed by atoms with van der Waals surface area (Å²) in [4.78, 5) is 23.8. The Kier molecular flexibility index (Phi) is 3.46. The van der Waals surface area contributed by atoms with Gasteiger partial charge >= 0.3 is 5.97 Å². The Balaban J connectivity index is 1.96. The minimum Gasteiger partial charge on any atom is -0.481 e. The maximum absolute atomic E-state index is 12.6. The Bertz CT molecular complexity index is 817. The van der Waals surface area contributed by atoms with Crippen molar-refractivity contribution in [2.24, 2.45) is 0 Å². The molecule has 0 bridgehead atoms. The molecule has 4 atom stereocenters. The first-order valence-electron chi connectivity index (χ1n) is 7.63. The molecule has 1 aromatic carbocycles. The second-order valence-corrected chi connectivity index (χ2v) is 6.13. The smallest absolute Gasteiger partial charge is 0.307 e. The van der Waals surface area contributed by atoms with Crippen LogP contribution in [0.4, 0.5) is 0 Å². The van der Waals surface area contributed by atoms with Gasteiger partial charge in [-0.3, -0.25) is 9.59 Å². The van der Waals surface area contributed by atoms with E-state index in [-0.39, 0.29) is 23.7 Å². The van der Waals surface area contributed by atoms with E-state index in [0.29, 0.717) is 16.9 Å². The van der Waals surface area contributed by atoms with Crippen molar-refractivity contribution in [3.8, 4) is 11.5 Å². The van der Waals surface area contributed by atoms with Crippen molar-refractivity contribution in [3.05, 3.63) is 28.8 Å². The highest BCUT2D eigenvalue weighted by Gasteiger charge is 2.44. The lowest BCUT2D eigenvalue weighted by atomic mass is 9.78. The van der Waals surface area contributed by atoms with Gasteiger partial charge in [-0.2, -0.15) is 0 Å². The second-order valence-electron chi connectivity index (χ2n) is 6.13. The highest BCUT2D eigenvalue weighted by atomic mass is 16.7. The molecule has 5 N–H and O–H groups in total. The highest BCUT2D eigenvalue weighted by Crippen LogP contribution is 2.45. The summed E-state index contributed by atoms with van der Waals surface area (Å²) in [5.74, 6) is -1.24. The lowest BCUT2D eigenvalue weighted by Gasteiger charge is -2.39. The number of aliphatic carboxylic acids is 1. The molecule has 0 spiro atoms. The SMILES string of the molecule is O=C(O)Cc1c2c(cc3c1C(=O)N[C@@H]1C3=C[C@H](O)[C@@H](O)[C@H]1O)OCO2. The standard InChI is InChI=1S/C16H15NO8/c18-8-1-6-5-2-9-15(25-4-24-9)7(3-10(19)20)11(5)16(23)17-12(6)14(22)13(8)21/h1-2,8,12-14,18,21-22H,3-4H2,(H,17,23)(H,19,20)/t8-,12+,13+,14-/m0/s1. The normalized spacial score (nSPS) is 29.4. The van der Waals surface area contributed by atoms with E-state index in [2.05, 4.69) is 5.32 Å². The van der Waals surface area contributed by atoms with Crippen LogP contribution in [0, 0.1) is 0 Å². The van der Waals surface area contributed by atoms with Crippen LogP contribution in [0.1, 0.15) is 21.5 Å². The van der Waals surface area contributed by atoms with Crippen LogP contribution in [-0.4, -0.2) is 63.4 Å². The number of ether oxygens (including phenoxy) is 2. The molecular weight excluding hydrogens is 334 g/mol. The predicted molar refractivity (Wildman–Crippen MR) is 81.2 cm³/mol. The number of aliphatic hydroxyl groups excluding tert-OH is 3. The summed E-state index contributed by atoms with van der Waals surface area (Å²) in [5.41, 5.74) is 1.01. The molecule has 4 rings (SSSR count). The molecule has 9 nitrogen and oxygen atoms in total. The van der Waals surface area contributed by atoms with Gasteiger partial charge in [-0.25, -0.2) is 0 Å². The van der Waals surface area contributed by atoms with Crippen molar-refractivity contribution in [2.45, 2.75) is 30.8 Å². The first kappa shape index (κ1) is 15.9. The molecule has 25 heavy (non-hydrogen) atoms. The zero-order valence-electron chi connectivity index (χ0n) is 12.8. The zero-order valence-corrected chi connectivity index (χ0v) is 12.8. The number of carboxylic acid groups (broad SMARTS) is 1. The fraction of sp³-hybridized carbons (Fsp3) is 0.375. The minimum absolute atomic E-state index is 0.0983. The van der Waals surface area contributed by atoms with E-state index in [1.807, 2.05) is 0 Å². The van der Waals surface area contributed by atoms with Crippen LogP contribution >= 0.6 is 0 Å². The molecule has 0 saturated heterocycles. The van der Waals surface area contributed by atoms with Crippen LogP contribution in [-0.2, 0) is 11.2 Å². The number of nitrogens with one attached hydrogen (secondary N) is 1. The quantitative estimate of drug-likeness (QED) is 0.440. The molecule has 0 fully saturated rings. The molecule has 2 heterocycles. The first-order valence-corrected chi connectivity index (χ1v) is 7.63.